The third-order valence-electron chi connectivity index (χ3n) is 5.65. The molecule has 0 unspecified atom stereocenters. The summed E-state index contributed by atoms with van der Waals surface area (Å²) in [7, 11) is 2.13. The molecular weight excluding hydrogens is 290 g/mol. The number of hydrogen-bond acceptors (Lipinski definition) is 5. The van der Waals surface area contributed by atoms with E-state index in [2.05, 4.69) is 27.1 Å². The molecule has 0 spiro atoms. The predicted molar refractivity (Wildman–Crippen MR) is 92.6 cm³/mol. The lowest BCUT2D eigenvalue weighted by Gasteiger charge is -2.37. The van der Waals surface area contributed by atoms with Crippen molar-refractivity contribution in [1.29, 1.82) is 0 Å². The van der Waals surface area contributed by atoms with E-state index in [9.17, 15) is 4.79 Å². The van der Waals surface area contributed by atoms with Gasteiger partial charge in [-0.15, -0.1) is 0 Å². The highest BCUT2D eigenvalue weighted by Crippen LogP contribution is 2.18. The summed E-state index contributed by atoms with van der Waals surface area (Å²) in [6.07, 6.45) is 2.50. The number of rotatable bonds is 4. The molecule has 3 aliphatic rings. The molecule has 132 valence electrons. The van der Waals surface area contributed by atoms with Gasteiger partial charge in [0.15, 0.2) is 0 Å². The molecule has 3 fully saturated rings. The van der Waals surface area contributed by atoms with Crippen LogP contribution >= 0.6 is 0 Å². The average Bonchev–Trinajstić information content (AvgIpc) is 2.58. The Bertz CT molecular complexity index is 369. The van der Waals surface area contributed by atoms with Gasteiger partial charge in [0.25, 0.3) is 0 Å². The number of amides is 1. The largest absolute Gasteiger partial charge is 0.339 e. The van der Waals surface area contributed by atoms with Gasteiger partial charge in [0.1, 0.15) is 0 Å². The second-order valence-electron chi connectivity index (χ2n) is 7.45. The topological polar surface area (TPSA) is 42.1 Å². The summed E-state index contributed by atoms with van der Waals surface area (Å²) in [5.41, 5.74) is 0. The van der Waals surface area contributed by atoms with Crippen molar-refractivity contribution in [3.63, 3.8) is 0 Å². The van der Waals surface area contributed by atoms with E-state index in [-0.39, 0.29) is 0 Å². The highest BCUT2D eigenvalue weighted by molar-refractivity contribution is 5.78. The van der Waals surface area contributed by atoms with Gasteiger partial charge in [-0.3, -0.25) is 9.69 Å². The van der Waals surface area contributed by atoms with Crippen LogP contribution in [0.1, 0.15) is 12.8 Å². The van der Waals surface area contributed by atoms with Gasteiger partial charge in [0, 0.05) is 58.9 Å². The molecule has 3 heterocycles. The Balaban J connectivity index is 1.34. The molecular formula is C17H33N5O. The number of hydrogen-bond donors (Lipinski definition) is 1. The van der Waals surface area contributed by atoms with Gasteiger partial charge in [-0.2, -0.15) is 0 Å². The van der Waals surface area contributed by atoms with Crippen LogP contribution in [0.5, 0.6) is 0 Å². The maximum absolute atomic E-state index is 12.4. The van der Waals surface area contributed by atoms with Crippen molar-refractivity contribution in [3.8, 4) is 0 Å². The molecule has 1 N–H and O–H groups in total. The summed E-state index contributed by atoms with van der Waals surface area (Å²) in [6.45, 7) is 12.6. The van der Waals surface area contributed by atoms with E-state index in [4.69, 9.17) is 0 Å². The van der Waals surface area contributed by atoms with Crippen LogP contribution in [0.2, 0.25) is 0 Å². The Hall–Kier alpha value is -0.690. The van der Waals surface area contributed by atoms with E-state index >= 15 is 0 Å². The number of carbonyl (C=O) groups is 1. The smallest absolute Gasteiger partial charge is 0.236 e. The van der Waals surface area contributed by atoms with Gasteiger partial charge >= 0.3 is 0 Å². The first-order chi connectivity index (χ1) is 11.2. The molecule has 3 rings (SSSR count). The fraction of sp³-hybridized carbons (Fsp3) is 0.941. The molecule has 0 saturated carbocycles. The third-order valence-corrected chi connectivity index (χ3v) is 5.65. The summed E-state index contributed by atoms with van der Waals surface area (Å²) in [5, 5.41) is 3.42. The van der Waals surface area contributed by atoms with Crippen molar-refractivity contribution in [2.75, 3.05) is 85.6 Å². The van der Waals surface area contributed by atoms with Gasteiger partial charge in [0.2, 0.25) is 5.91 Å². The van der Waals surface area contributed by atoms with Crippen molar-refractivity contribution < 1.29 is 4.79 Å². The molecule has 6 nitrogen and oxygen atoms in total. The van der Waals surface area contributed by atoms with Crippen LogP contribution in [0.4, 0.5) is 0 Å². The van der Waals surface area contributed by atoms with Crippen LogP contribution < -0.4 is 5.32 Å². The third kappa shape index (κ3) is 5.14. The number of carbonyl (C=O) groups excluding carboxylic acids is 1. The first-order valence-corrected chi connectivity index (χ1v) is 9.32. The Morgan fingerprint density at radius 1 is 0.913 bits per heavy atom. The number of piperidine rings is 1. The monoisotopic (exact) mass is 323 g/mol. The van der Waals surface area contributed by atoms with Gasteiger partial charge in [0.05, 0.1) is 6.54 Å². The number of piperazine rings is 2. The Morgan fingerprint density at radius 3 is 2.22 bits per heavy atom. The van der Waals surface area contributed by atoms with Crippen LogP contribution in [0.3, 0.4) is 0 Å². The molecule has 1 amide bonds. The summed E-state index contributed by atoms with van der Waals surface area (Å²) in [5.74, 6) is 1.15. The zero-order valence-electron chi connectivity index (χ0n) is 14.7. The van der Waals surface area contributed by atoms with Crippen LogP contribution in [0.25, 0.3) is 0 Å². The van der Waals surface area contributed by atoms with E-state index in [1.165, 1.54) is 32.5 Å². The summed E-state index contributed by atoms with van der Waals surface area (Å²) in [4.78, 5) is 21.7. The molecule has 3 aliphatic heterocycles. The average molecular weight is 323 g/mol. The van der Waals surface area contributed by atoms with Crippen molar-refractivity contribution in [2.24, 2.45) is 5.92 Å². The highest BCUT2D eigenvalue weighted by atomic mass is 16.2. The van der Waals surface area contributed by atoms with E-state index in [0.717, 1.165) is 58.3 Å². The molecule has 0 aromatic carbocycles. The van der Waals surface area contributed by atoms with E-state index in [1.807, 2.05) is 4.90 Å². The normalized spacial score (nSPS) is 26.6. The minimum Gasteiger partial charge on any atom is -0.339 e. The quantitative estimate of drug-likeness (QED) is 0.747. The van der Waals surface area contributed by atoms with Crippen LogP contribution in [-0.4, -0.2) is 111 Å². The van der Waals surface area contributed by atoms with Gasteiger partial charge in [-0.25, -0.2) is 0 Å². The zero-order valence-corrected chi connectivity index (χ0v) is 14.7. The molecule has 6 heteroatoms. The van der Waals surface area contributed by atoms with Crippen molar-refractivity contribution in [3.05, 3.63) is 0 Å². The van der Waals surface area contributed by atoms with Crippen molar-refractivity contribution >= 4 is 5.91 Å². The number of nitrogens with zero attached hydrogens (tertiary/aromatic N) is 4. The minimum absolute atomic E-state index is 0.332. The maximum Gasteiger partial charge on any atom is 0.236 e. The van der Waals surface area contributed by atoms with Crippen molar-refractivity contribution in [2.45, 2.75) is 12.8 Å². The Kier molecular flexibility index (Phi) is 6.28. The Morgan fingerprint density at radius 2 is 1.57 bits per heavy atom. The first-order valence-electron chi connectivity index (χ1n) is 9.32. The van der Waals surface area contributed by atoms with Gasteiger partial charge < -0.3 is 20.0 Å². The van der Waals surface area contributed by atoms with Crippen LogP contribution in [-0.2, 0) is 4.79 Å². The molecule has 23 heavy (non-hydrogen) atoms. The second kappa shape index (κ2) is 8.42. The second-order valence-corrected chi connectivity index (χ2v) is 7.45. The molecule has 0 bridgehead atoms. The fourth-order valence-corrected chi connectivity index (χ4v) is 3.93. The van der Waals surface area contributed by atoms with E-state index < -0.39 is 0 Å². The van der Waals surface area contributed by atoms with E-state index in [0.29, 0.717) is 12.5 Å². The molecule has 0 atom stereocenters. The van der Waals surface area contributed by atoms with E-state index in [1.54, 1.807) is 0 Å². The highest BCUT2D eigenvalue weighted by Gasteiger charge is 2.25. The lowest BCUT2D eigenvalue weighted by Crippen LogP contribution is -2.51. The van der Waals surface area contributed by atoms with Gasteiger partial charge in [-0.05, 0) is 38.9 Å². The Labute approximate surface area is 140 Å². The maximum atomic E-state index is 12.4. The summed E-state index contributed by atoms with van der Waals surface area (Å²) in [6, 6.07) is 0. The fourth-order valence-electron chi connectivity index (χ4n) is 3.93. The summed E-state index contributed by atoms with van der Waals surface area (Å²) < 4.78 is 0. The molecule has 0 radical (unpaired) electrons. The molecule has 0 aromatic rings. The number of likely N-dealkylation sites (tertiary alicyclic amines) is 1. The molecule has 0 aliphatic carbocycles. The minimum atomic E-state index is 0.332. The van der Waals surface area contributed by atoms with Crippen molar-refractivity contribution in [1.82, 2.24) is 24.9 Å². The lowest BCUT2D eigenvalue weighted by atomic mass is 9.96. The van der Waals surface area contributed by atoms with Crippen LogP contribution in [0.15, 0.2) is 0 Å². The first kappa shape index (κ1) is 17.1. The lowest BCUT2D eigenvalue weighted by molar-refractivity contribution is -0.134. The number of likely N-dealkylation sites (N-methyl/N-ethyl adjacent to an activating group) is 1. The number of nitrogens with one attached hydrogen (secondary N) is 1. The predicted octanol–water partition coefficient (Wildman–Crippen LogP) is -0.622. The zero-order chi connectivity index (χ0) is 16.1. The summed E-state index contributed by atoms with van der Waals surface area (Å²) >= 11 is 0. The SMILES string of the molecule is CN1CCN(C(=O)CN2CCC(CN3CCNCC3)CC2)CC1. The molecule has 0 aromatic heterocycles. The standard InChI is InChI=1S/C17H33N5O/c1-19-10-12-22(13-11-19)17(23)15-20-6-2-16(3-7-20)14-21-8-4-18-5-9-21/h16,18H,2-15H2,1H3. The van der Waals surface area contributed by atoms with Crippen LogP contribution in [0, 0.1) is 5.92 Å². The molecule has 3 saturated heterocycles. The van der Waals surface area contributed by atoms with Gasteiger partial charge in [-0.1, -0.05) is 0 Å².